The Bertz CT molecular complexity index is 992. The first kappa shape index (κ1) is 15.1. The summed E-state index contributed by atoms with van der Waals surface area (Å²) in [6, 6.07) is 11.5. The molecule has 3 rings (SSSR count). The van der Waals surface area contributed by atoms with Crippen molar-refractivity contribution in [2.24, 2.45) is 0 Å². The SMILES string of the molecule is O=c1o[nH][n+](-c2ccc([N+](=O)[O-])cc2[N+](=O)[O-])c1-c1ccccc1. The number of benzene rings is 2. The van der Waals surface area contributed by atoms with Crippen molar-refractivity contribution < 1.29 is 19.1 Å². The molecule has 120 valence electrons. The number of non-ortho nitro benzene ring substituents is 1. The molecule has 0 saturated carbocycles. The molecule has 3 aromatic rings. The summed E-state index contributed by atoms with van der Waals surface area (Å²) in [7, 11) is 0. The van der Waals surface area contributed by atoms with E-state index in [4.69, 9.17) is 4.52 Å². The Morgan fingerprint density at radius 1 is 1.00 bits per heavy atom. The topological polar surface area (TPSA) is 136 Å². The van der Waals surface area contributed by atoms with Gasteiger partial charge in [0.15, 0.2) is 0 Å². The normalized spacial score (nSPS) is 10.5. The maximum absolute atomic E-state index is 12.0. The summed E-state index contributed by atoms with van der Waals surface area (Å²) in [4.78, 5) is 32.6. The summed E-state index contributed by atoms with van der Waals surface area (Å²) in [6.45, 7) is 0. The molecule has 24 heavy (non-hydrogen) atoms. The lowest BCUT2D eigenvalue weighted by molar-refractivity contribution is -0.663. The van der Waals surface area contributed by atoms with Crippen LogP contribution in [0.3, 0.4) is 0 Å². The van der Waals surface area contributed by atoms with Gasteiger partial charge in [-0.05, 0) is 22.1 Å². The highest BCUT2D eigenvalue weighted by atomic mass is 16.6. The molecule has 0 aliphatic rings. The quantitative estimate of drug-likeness (QED) is 0.439. The van der Waals surface area contributed by atoms with Crippen molar-refractivity contribution in [1.29, 1.82) is 0 Å². The molecule has 0 aliphatic carbocycles. The number of nitrogens with zero attached hydrogens (tertiary/aromatic N) is 3. The summed E-state index contributed by atoms with van der Waals surface area (Å²) >= 11 is 0. The zero-order valence-electron chi connectivity index (χ0n) is 11.9. The van der Waals surface area contributed by atoms with E-state index >= 15 is 0 Å². The molecule has 10 nitrogen and oxygen atoms in total. The van der Waals surface area contributed by atoms with Gasteiger partial charge < -0.3 is 0 Å². The maximum atomic E-state index is 12.0. The summed E-state index contributed by atoms with van der Waals surface area (Å²) in [5.74, 6) is 0. The van der Waals surface area contributed by atoms with Crippen LogP contribution >= 0.6 is 0 Å². The van der Waals surface area contributed by atoms with Crippen molar-refractivity contribution in [3.05, 3.63) is 79.2 Å². The van der Waals surface area contributed by atoms with Gasteiger partial charge in [0.2, 0.25) is 0 Å². The van der Waals surface area contributed by atoms with Gasteiger partial charge in [-0.1, -0.05) is 18.2 Å². The predicted octanol–water partition coefficient (Wildman–Crippen LogP) is 1.73. The van der Waals surface area contributed by atoms with Crippen molar-refractivity contribution in [2.75, 3.05) is 0 Å². The van der Waals surface area contributed by atoms with E-state index in [0.29, 0.717) is 5.56 Å². The highest BCUT2D eigenvalue weighted by Gasteiger charge is 2.33. The molecule has 0 amide bonds. The van der Waals surface area contributed by atoms with Gasteiger partial charge in [0.05, 0.1) is 15.4 Å². The summed E-state index contributed by atoms with van der Waals surface area (Å²) in [5.41, 5.74) is -1.25. The second-order valence-electron chi connectivity index (χ2n) is 4.72. The molecule has 1 N–H and O–H groups in total. The molecular formula is C14H9N4O6+. The Morgan fingerprint density at radius 3 is 2.33 bits per heavy atom. The zero-order chi connectivity index (χ0) is 17.3. The Hall–Kier alpha value is -3.82. The zero-order valence-corrected chi connectivity index (χ0v) is 11.9. The Balaban J connectivity index is 2.26. The fourth-order valence-electron chi connectivity index (χ4n) is 2.25. The minimum Gasteiger partial charge on any atom is -0.282 e. The van der Waals surface area contributed by atoms with Gasteiger partial charge in [-0.25, -0.2) is 4.79 Å². The van der Waals surface area contributed by atoms with E-state index in [2.05, 4.69) is 5.27 Å². The summed E-state index contributed by atoms with van der Waals surface area (Å²) in [6.07, 6.45) is 0. The molecule has 2 aromatic carbocycles. The third kappa shape index (κ3) is 2.52. The lowest BCUT2D eigenvalue weighted by atomic mass is 10.1. The average Bonchev–Trinajstić information content (AvgIpc) is 2.96. The van der Waals surface area contributed by atoms with E-state index in [-0.39, 0.29) is 11.4 Å². The molecule has 0 radical (unpaired) electrons. The van der Waals surface area contributed by atoms with E-state index in [1.54, 1.807) is 30.3 Å². The molecule has 10 heteroatoms. The van der Waals surface area contributed by atoms with Gasteiger partial charge >= 0.3 is 22.7 Å². The average molecular weight is 329 g/mol. The first-order valence-electron chi connectivity index (χ1n) is 6.61. The van der Waals surface area contributed by atoms with Crippen LogP contribution in [-0.2, 0) is 0 Å². The lowest BCUT2D eigenvalue weighted by Gasteiger charge is -1.97. The molecule has 0 atom stereocenters. The summed E-state index contributed by atoms with van der Waals surface area (Å²) in [5, 5.41) is 24.4. The maximum Gasteiger partial charge on any atom is 0.435 e. The van der Waals surface area contributed by atoms with Gasteiger partial charge in [0, 0.05) is 12.1 Å². The number of nitro benzene ring substituents is 2. The predicted molar refractivity (Wildman–Crippen MR) is 79.6 cm³/mol. The van der Waals surface area contributed by atoms with E-state index < -0.39 is 26.8 Å². The minimum atomic E-state index is -0.768. The molecule has 0 fully saturated rings. The van der Waals surface area contributed by atoms with Crippen molar-refractivity contribution in [1.82, 2.24) is 5.27 Å². The largest absolute Gasteiger partial charge is 0.435 e. The smallest absolute Gasteiger partial charge is 0.282 e. The highest BCUT2D eigenvalue weighted by molar-refractivity contribution is 5.58. The number of nitrogens with one attached hydrogen (secondary N) is 1. The number of hydrogen-bond donors (Lipinski definition) is 1. The van der Waals surface area contributed by atoms with Crippen LogP contribution in [0.2, 0.25) is 0 Å². The van der Waals surface area contributed by atoms with Crippen LogP contribution in [0.5, 0.6) is 0 Å². The second-order valence-corrected chi connectivity index (χ2v) is 4.72. The first-order valence-corrected chi connectivity index (χ1v) is 6.61. The van der Waals surface area contributed by atoms with Gasteiger partial charge in [-0.15, -0.1) is 0 Å². The molecule has 0 unspecified atom stereocenters. The number of nitro groups is 2. The van der Waals surface area contributed by atoms with Crippen LogP contribution in [-0.4, -0.2) is 15.1 Å². The number of aromatic nitrogens is 2. The molecule has 1 heterocycles. The first-order chi connectivity index (χ1) is 11.5. The van der Waals surface area contributed by atoms with Crippen LogP contribution < -0.4 is 10.3 Å². The van der Waals surface area contributed by atoms with Gasteiger partial charge in [0.25, 0.3) is 5.69 Å². The molecular weight excluding hydrogens is 320 g/mol. The van der Waals surface area contributed by atoms with Gasteiger partial charge in [0.1, 0.15) is 6.07 Å². The fraction of sp³-hybridized carbons (Fsp3) is 0. The molecule has 0 bridgehead atoms. The van der Waals surface area contributed by atoms with E-state index in [0.717, 1.165) is 16.8 Å². The van der Waals surface area contributed by atoms with Crippen molar-refractivity contribution in [3.63, 3.8) is 0 Å². The van der Waals surface area contributed by atoms with E-state index in [1.807, 2.05) is 0 Å². The summed E-state index contributed by atoms with van der Waals surface area (Å²) < 4.78 is 5.83. The standard InChI is InChI=1S/C14H8N4O6/c19-14-13(9-4-2-1-3-5-9)16(15-24-14)11-7-6-10(17(20)21)8-12(11)18(22)23/h1-8H/p+1. The van der Waals surface area contributed by atoms with Gasteiger partial charge in [-0.2, -0.15) is 0 Å². The number of H-pyrrole nitrogens is 1. The van der Waals surface area contributed by atoms with Gasteiger partial charge in [-0.3, -0.25) is 24.8 Å². The molecule has 1 aromatic heterocycles. The van der Waals surface area contributed by atoms with Crippen molar-refractivity contribution in [3.8, 4) is 16.9 Å². The Morgan fingerprint density at radius 2 is 1.71 bits per heavy atom. The number of aromatic amines is 1. The lowest BCUT2D eigenvalue weighted by Crippen LogP contribution is -2.36. The van der Waals surface area contributed by atoms with E-state index in [1.165, 1.54) is 6.07 Å². The number of rotatable bonds is 4. The molecule has 0 aliphatic heterocycles. The Kier molecular flexibility index (Phi) is 3.62. The third-order valence-corrected chi connectivity index (χ3v) is 3.30. The fourth-order valence-corrected chi connectivity index (χ4v) is 2.25. The Labute approximate surface area is 132 Å². The second kappa shape index (κ2) is 5.76. The number of hydrogen-bond acceptors (Lipinski definition) is 6. The molecule has 0 saturated heterocycles. The highest BCUT2D eigenvalue weighted by Crippen LogP contribution is 2.25. The van der Waals surface area contributed by atoms with Crippen LogP contribution in [0.4, 0.5) is 11.4 Å². The monoisotopic (exact) mass is 329 g/mol. The van der Waals surface area contributed by atoms with Crippen LogP contribution in [0.25, 0.3) is 16.9 Å². The van der Waals surface area contributed by atoms with Crippen LogP contribution in [0.1, 0.15) is 0 Å². The molecule has 0 spiro atoms. The van der Waals surface area contributed by atoms with Crippen molar-refractivity contribution in [2.45, 2.75) is 0 Å². The van der Waals surface area contributed by atoms with E-state index in [9.17, 15) is 25.0 Å². The van der Waals surface area contributed by atoms with Crippen LogP contribution in [0.15, 0.2) is 57.8 Å². The third-order valence-electron chi connectivity index (χ3n) is 3.30. The minimum absolute atomic E-state index is 0.0348. The van der Waals surface area contributed by atoms with Crippen LogP contribution in [0, 0.1) is 20.2 Å². The van der Waals surface area contributed by atoms with Crippen molar-refractivity contribution >= 4 is 11.4 Å².